The first-order valence-electron chi connectivity index (χ1n) is 5.16. The smallest absolute Gasteiger partial charge is 0.300 e. The second-order valence-electron chi connectivity index (χ2n) is 3.47. The van der Waals surface area contributed by atoms with E-state index in [2.05, 4.69) is 0 Å². The highest BCUT2D eigenvalue weighted by Gasteiger charge is 2.14. The molecular weight excluding hydrogens is 319 g/mol. The van der Waals surface area contributed by atoms with Crippen molar-refractivity contribution in [1.82, 2.24) is 5.09 Å². The molecule has 0 fully saturated rings. The van der Waals surface area contributed by atoms with Gasteiger partial charge in [-0.25, -0.2) is 0 Å². The van der Waals surface area contributed by atoms with Gasteiger partial charge >= 0.3 is 7.59 Å². The topological polar surface area (TPSA) is 141 Å². The lowest BCUT2D eigenvalue weighted by atomic mass is 10.5. The van der Waals surface area contributed by atoms with Gasteiger partial charge in [0.2, 0.25) is 0 Å². The zero-order chi connectivity index (χ0) is 15.2. The quantitative estimate of drug-likeness (QED) is 0.628. The van der Waals surface area contributed by atoms with Gasteiger partial charge in [-0.1, -0.05) is 12.1 Å². The zero-order valence-corrected chi connectivity index (χ0v) is 12.7. The lowest BCUT2D eigenvalue weighted by Crippen LogP contribution is -2.27. The molecule has 108 valence electrons. The van der Waals surface area contributed by atoms with E-state index in [1.807, 2.05) is 10.5 Å². The molecule has 0 aliphatic heterocycles. The molecular formula is C10H13N4O3PS2. The number of primary amides is 1. The van der Waals surface area contributed by atoms with Gasteiger partial charge in [-0.3, -0.25) is 30.2 Å². The van der Waals surface area contributed by atoms with Crippen LogP contribution in [0, 0.1) is 0 Å². The molecule has 0 spiro atoms. The van der Waals surface area contributed by atoms with Crippen molar-refractivity contribution in [3.8, 4) is 0 Å². The third kappa shape index (κ3) is 6.09. The molecule has 2 aromatic heterocycles. The van der Waals surface area contributed by atoms with Gasteiger partial charge in [0.15, 0.2) is 0 Å². The Kier molecular flexibility index (Phi) is 6.05. The van der Waals surface area contributed by atoms with E-state index in [1.54, 1.807) is 29.6 Å². The number of nitrogens with two attached hydrogens (primary N) is 3. The van der Waals surface area contributed by atoms with Gasteiger partial charge in [-0.05, 0) is 22.9 Å². The number of carbonyl (C=O) groups is 2. The zero-order valence-electron chi connectivity index (χ0n) is 10.2. The third-order valence-corrected chi connectivity index (χ3v) is 4.09. The Bertz CT molecular complexity index is 607. The molecule has 0 radical (unpaired) electrons. The van der Waals surface area contributed by atoms with Gasteiger partial charge in [0, 0.05) is 0 Å². The van der Waals surface area contributed by atoms with E-state index in [0.29, 0.717) is 9.75 Å². The summed E-state index contributed by atoms with van der Waals surface area (Å²) in [5.41, 5.74) is 14.8. The SMILES string of the molecule is NC(=O)c1cccs1.NP(N)(=O)NC(=O)c1cccs1. The number of thiophene rings is 2. The summed E-state index contributed by atoms with van der Waals surface area (Å²) in [5, 5.41) is 5.55. The van der Waals surface area contributed by atoms with E-state index in [0.717, 1.165) is 0 Å². The molecule has 2 amide bonds. The molecule has 0 aliphatic carbocycles. The minimum Gasteiger partial charge on any atom is -0.365 e. The number of hydrogen-bond acceptors (Lipinski definition) is 5. The van der Waals surface area contributed by atoms with E-state index in [-0.39, 0.29) is 5.91 Å². The van der Waals surface area contributed by atoms with Gasteiger partial charge in [0.05, 0.1) is 9.75 Å². The summed E-state index contributed by atoms with van der Waals surface area (Å²) in [6.45, 7) is 0. The third-order valence-electron chi connectivity index (χ3n) is 1.79. The Morgan fingerprint density at radius 2 is 1.55 bits per heavy atom. The molecule has 20 heavy (non-hydrogen) atoms. The van der Waals surface area contributed by atoms with Crippen LogP contribution < -0.4 is 21.8 Å². The van der Waals surface area contributed by atoms with E-state index >= 15 is 0 Å². The lowest BCUT2D eigenvalue weighted by Gasteiger charge is -2.06. The first kappa shape index (κ1) is 16.5. The standard InChI is InChI=1S/C5H8N3O2PS.C5H5NOS/c6-11(7,10)8-5(9)4-2-1-3-12-4;6-5(7)4-2-1-3-8-4/h1-3H,(H5,6,7,8,9,10);1-3H,(H2,6,7). The van der Waals surface area contributed by atoms with E-state index in [4.69, 9.17) is 16.7 Å². The highest BCUT2D eigenvalue weighted by atomic mass is 32.1. The van der Waals surface area contributed by atoms with Crippen molar-refractivity contribution in [3.05, 3.63) is 44.8 Å². The van der Waals surface area contributed by atoms with Crippen LogP contribution in [-0.4, -0.2) is 11.8 Å². The van der Waals surface area contributed by atoms with Gasteiger partial charge in [0.1, 0.15) is 0 Å². The van der Waals surface area contributed by atoms with Crippen molar-refractivity contribution in [2.24, 2.45) is 16.7 Å². The fourth-order valence-corrected chi connectivity index (χ4v) is 2.75. The summed E-state index contributed by atoms with van der Waals surface area (Å²) in [6.07, 6.45) is 0. The Balaban J connectivity index is 0.000000217. The first-order valence-corrected chi connectivity index (χ1v) is 8.76. The number of rotatable bonds is 3. The Labute approximate surface area is 123 Å². The molecule has 0 unspecified atom stereocenters. The van der Waals surface area contributed by atoms with Crippen LogP contribution in [0.3, 0.4) is 0 Å². The van der Waals surface area contributed by atoms with Gasteiger partial charge < -0.3 is 5.73 Å². The van der Waals surface area contributed by atoms with Crippen molar-refractivity contribution in [2.45, 2.75) is 0 Å². The normalized spacial score (nSPS) is 10.3. The van der Waals surface area contributed by atoms with Gasteiger partial charge in [0.25, 0.3) is 11.8 Å². The predicted octanol–water partition coefficient (Wildman–Crippen LogP) is 1.35. The van der Waals surface area contributed by atoms with Crippen LogP contribution in [0.2, 0.25) is 0 Å². The lowest BCUT2D eigenvalue weighted by molar-refractivity contribution is 0.0981. The second-order valence-corrected chi connectivity index (χ2v) is 7.01. The van der Waals surface area contributed by atoms with E-state index < -0.39 is 13.5 Å². The molecule has 2 heterocycles. The van der Waals surface area contributed by atoms with Crippen LogP contribution in [0.1, 0.15) is 19.3 Å². The summed E-state index contributed by atoms with van der Waals surface area (Å²) in [4.78, 5) is 22.4. The number of amides is 2. The second kappa shape index (κ2) is 7.32. The predicted molar refractivity (Wildman–Crippen MR) is 80.6 cm³/mol. The largest absolute Gasteiger partial charge is 0.365 e. The number of hydrogen-bond donors (Lipinski definition) is 4. The van der Waals surface area contributed by atoms with Crippen molar-refractivity contribution in [1.29, 1.82) is 0 Å². The average molecular weight is 332 g/mol. The van der Waals surface area contributed by atoms with Crippen LogP contribution in [0.4, 0.5) is 0 Å². The van der Waals surface area contributed by atoms with Crippen LogP contribution in [-0.2, 0) is 4.57 Å². The fourth-order valence-electron chi connectivity index (χ4n) is 1.04. The minimum absolute atomic E-state index is 0.347. The van der Waals surface area contributed by atoms with E-state index in [1.165, 1.54) is 22.7 Å². The van der Waals surface area contributed by atoms with Crippen LogP contribution in [0.5, 0.6) is 0 Å². The Hall–Kier alpha value is -1.51. The molecule has 0 saturated carbocycles. The van der Waals surface area contributed by atoms with Crippen molar-refractivity contribution in [2.75, 3.05) is 0 Å². The molecule has 0 aliphatic rings. The van der Waals surface area contributed by atoms with Crippen molar-refractivity contribution in [3.63, 3.8) is 0 Å². The van der Waals surface area contributed by atoms with Crippen molar-refractivity contribution < 1.29 is 14.2 Å². The Morgan fingerprint density at radius 1 is 1.05 bits per heavy atom. The molecule has 0 saturated heterocycles. The maximum Gasteiger partial charge on any atom is 0.300 e. The van der Waals surface area contributed by atoms with Gasteiger partial charge in [-0.15, -0.1) is 22.7 Å². The maximum absolute atomic E-state index is 11.1. The maximum atomic E-state index is 11.1. The minimum atomic E-state index is -3.46. The summed E-state index contributed by atoms with van der Waals surface area (Å²) in [5.74, 6) is -0.849. The highest BCUT2D eigenvalue weighted by Crippen LogP contribution is 2.20. The highest BCUT2D eigenvalue weighted by molar-refractivity contribution is 7.57. The summed E-state index contributed by atoms with van der Waals surface area (Å²) in [6, 6.07) is 6.80. The van der Waals surface area contributed by atoms with Crippen LogP contribution >= 0.6 is 30.3 Å². The number of nitrogens with one attached hydrogen (secondary N) is 1. The molecule has 7 nitrogen and oxygen atoms in total. The van der Waals surface area contributed by atoms with Crippen LogP contribution in [0.25, 0.3) is 0 Å². The molecule has 7 N–H and O–H groups in total. The molecule has 10 heteroatoms. The Morgan fingerprint density at radius 3 is 1.85 bits per heavy atom. The van der Waals surface area contributed by atoms with Crippen LogP contribution in [0.15, 0.2) is 35.0 Å². The fraction of sp³-hybridized carbons (Fsp3) is 0. The molecule has 0 bridgehead atoms. The molecule has 0 atom stereocenters. The molecule has 0 aromatic carbocycles. The number of carbonyl (C=O) groups excluding carboxylic acids is 2. The first-order chi connectivity index (χ1) is 9.29. The monoisotopic (exact) mass is 332 g/mol. The summed E-state index contributed by atoms with van der Waals surface area (Å²) in [7, 11) is -3.46. The average Bonchev–Trinajstić information content (AvgIpc) is 3.02. The van der Waals surface area contributed by atoms with Crippen molar-refractivity contribution >= 4 is 42.1 Å². The van der Waals surface area contributed by atoms with E-state index in [9.17, 15) is 14.2 Å². The summed E-state index contributed by atoms with van der Waals surface area (Å²) >= 11 is 2.58. The van der Waals surface area contributed by atoms with Gasteiger partial charge in [-0.2, -0.15) is 0 Å². The summed E-state index contributed by atoms with van der Waals surface area (Å²) < 4.78 is 10.7. The molecule has 2 rings (SSSR count). The molecule has 2 aromatic rings.